The molecule has 39 heavy (non-hydrogen) atoms. The van der Waals surface area contributed by atoms with Crippen LogP contribution in [-0.4, -0.2) is 50.3 Å². The number of sulfonamides is 1. The van der Waals surface area contributed by atoms with Crippen LogP contribution in [0.1, 0.15) is 31.9 Å². The van der Waals surface area contributed by atoms with Gasteiger partial charge < -0.3 is 10.2 Å². The van der Waals surface area contributed by atoms with Crippen molar-refractivity contribution < 1.29 is 18.0 Å². The number of benzene rings is 3. The summed E-state index contributed by atoms with van der Waals surface area (Å²) in [5.74, 6) is -0.885. The minimum Gasteiger partial charge on any atom is -0.352 e. The fourth-order valence-electron chi connectivity index (χ4n) is 4.01. The molecule has 0 fully saturated rings. The number of carbonyl (C=O) groups excluding carboxylic acids is 2. The summed E-state index contributed by atoms with van der Waals surface area (Å²) in [7, 11) is -4.23. The van der Waals surface area contributed by atoms with Crippen molar-refractivity contribution in [3.8, 4) is 0 Å². The second-order valence-corrected chi connectivity index (χ2v) is 12.2. The Bertz CT molecular complexity index is 1400. The van der Waals surface area contributed by atoms with E-state index in [1.54, 1.807) is 25.1 Å². The maximum atomic E-state index is 13.9. The maximum Gasteiger partial charge on any atom is 0.264 e. The van der Waals surface area contributed by atoms with E-state index in [2.05, 4.69) is 5.32 Å². The third-order valence-corrected chi connectivity index (χ3v) is 8.75. The predicted octanol–water partition coefficient (Wildman–Crippen LogP) is 5.48. The first kappa shape index (κ1) is 30.5. The van der Waals surface area contributed by atoms with Crippen LogP contribution in [0.5, 0.6) is 0 Å². The molecule has 1 N–H and O–H groups in total. The van der Waals surface area contributed by atoms with Crippen molar-refractivity contribution in [3.63, 3.8) is 0 Å². The van der Waals surface area contributed by atoms with E-state index in [-0.39, 0.29) is 39.1 Å². The van der Waals surface area contributed by atoms with Crippen molar-refractivity contribution in [2.75, 3.05) is 17.4 Å². The van der Waals surface area contributed by atoms with Crippen LogP contribution in [0.15, 0.2) is 77.7 Å². The van der Waals surface area contributed by atoms with Crippen molar-refractivity contribution >= 4 is 50.7 Å². The van der Waals surface area contributed by atoms with Gasteiger partial charge in [-0.1, -0.05) is 77.3 Å². The van der Waals surface area contributed by atoms with Crippen LogP contribution in [0.4, 0.5) is 5.69 Å². The summed E-state index contributed by atoms with van der Waals surface area (Å²) in [5, 5.41) is 2.99. The normalized spacial score (nSPS) is 12.2. The fraction of sp³-hybridized carbons (Fsp3) is 0.310. The summed E-state index contributed by atoms with van der Waals surface area (Å²) in [4.78, 5) is 28.2. The number of amides is 2. The van der Waals surface area contributed by atoms with Gasteiger partial charge in [-0.2, -0.15) is 0 Å². The van der Waals surface area contributed by atoms with Gasteiger partial charge in [-0.15, -0.1) is 0 Å². The Morgan fingerprint density at radius 1 is 0.897 bits per heavy atom. The summed E-state index contributed by atoms with van der Waals surface area (Å²) in [5.41, 5.74) is 1.93. The first-order valence-corrected chi connectivity index (χ1v) is 14.8. The van der Waals surface area contributed by atoms with E-state index >= 15 is 0 Å². The molecule has 0 radical (unpaired) electrons. The van der Waals surface area contributed by atoms with E-state index in [4.69, 9.17) is 23.2 Å². The Morgan fingerprint density at radius 3 is 2.15 bits per heavy atom. The third kappa shape index (κ3) is 7.75. The van der Waals surface area contributed by atoms with Gasteiger partial charge in [0.1, 0.15) is 12.6 Å². The lowest BCUT2D eigenvalue weighted by Crippen LogP contribution is -2.53. The van der Waals surface area contributed by atoms with Crippen molar-refractivity contribution in [1.29, 1.82) is 0 Å². The van der Waals surface area contributed by atoms with Crippen molar-refractivity contribution in [2.24, 2.45) is 0 Å². The molecule has 3 rings (SSSR count). The Kier molecular flexibility index (Phi) is 10.4. The lowest BCUT2D eigenvalue weighted by molar-refractivity contribution is -0.139. The largest absolute Gasteiger partial charge is 0.352 e. The van der Waals surface area contributed by atoms with Gasteiger partial charge in [0.25, 0.3) is 10.0 Å². The summed E-state index contributed by atoms with van der Waals surface area (Å²) in [6, 6.07) is 19.5. The second kappa shape index (κ2) is 13.3. The standard InChI is InChI=1S/C29H33Cl2N3O4S/c1-20(2)32-29(36)22(4)33(18-17-23-9-6-5-7-10-23)27(35)19-34(26-12-8-11-25(30)28(26)31)39(37,38)24-15-13-21(3)14-16-24/h5-16,20,22H,17-19H2,1-4H3,(H,32,36)/t22-/m0/s1. The van der Waals surface area contributed by atoms with Crippen LogP contribution in [-0.2, 0) is 26.0 Å². The molecule has 0 aliphatic heterocycles. The summed E-state index contributed by atoms with van der Waals surface area (Å²) in [6.07, 6.45) is 0.481. The van der Waals surface area contributed by atoms with Crippen LogP contribution in [0.3, 0.4) is 0 Å². The highest BCUT2D eigenvalue weighted by atomic mass is 35.5. The molecular formula is C29H33Cl2N3O4S. The number of carbonyl (C=O) groups is 2. The zero-order valence-electron chi connectivity index (χ0n) is 22.4. The third-order valence-electron chi connectivity index (χ3n) is 6.17. The minimum absolute atomic E-state index is 0.00150. The quantitative estimate of drug-likeness (QED) is 0.321. The number of hydrogen-bond acceptors (Lipinski definition) is 4. The van der Waals surface area contributed by atoms with E-state index < -0.39 is 28.5 Å². The van der Waals surface area contributed by atoms with Crippen molar-refractivity contribution in [3.05, 3.63) is 94.0 Å². The number of nitrogens with zero attached hydrogens (tertiary/aromatic N) is 2. The highest BCUT2D eigenvalue weighted by Crippen LogP contribution is 2.35. The zero-order chi connectivity index (χ0) is 28.7. The highest BCUT2D eigenvalue weighted by Gasteiger charge is 2.33. The van der Waals surface area contributed by atoms with Crippen molar-refractivity contribution in [1.82, 2.24) is 10.2 Å². The van der Waals surface area contributed by atoms with Crippen LogP contribution in [0.2, 0.25) is 10.0 Å². The van der Waals surface area contributed by atoms with Crippen LogP contribution in [0.25, 0.3) is 0 Å². The molecule has 0 spiro atoms. The first-order chi connectivity index (χ1) is 18.4. The molecule has 7 nitrogen and oxygen atoms in total. The number of rotatable bonds is 11. The van der Waals surface area contributed by atoms with Gasteiger partial charge in [0.2, 0.25) is 11.8 Å². The first-order valence-electron chi connectivity index (χ1n) is 12.6. The highest BCUT2D eigenvalue weighted by molar-refractivity contribution is 7.92. The maximum absolute atomic E-state index is 13.9. The van der Waals surface area contributed by atoms with Gasteiger partial charge in [0, 0.05) is 12.6 Å². The van der Waals surface area contributed by atoms with E-state index in [1.165, 1.54) is 29.2 Å². The molecule has 0 unspecified atom stereocenters. The molecule has 1 atom stereocenters. The van der Waals surface area contributed by atoms with E-state index in [0.29, 0.717) is 6.42 Å². The van der Waals surface area contributed by atoms with Gasteiger partial charge >= 0.3 is 0 Å². The molecule has 0 saturated carbocycles. The van der Waals surface area contributed by atoms with Crippen LogP contribution in [0, 0.1) is 6.92 Å². The van der Waals surface area contributed by atoms with Crippen molar-refractivity contribution in [2.45, 2.75) is 51.1 Å². The molecule has 0 bridgehead atoms. The lowest BCUT2D eigenvalue weighted by atomic mass is 10.1. The van der Waals surface area contributed by atoms with Gasteiger partial charge in [-0.3, -0.25) is 13.9 Å². The van der Waals surface area contributed by atoms with Crippen LogP contribution >= 0.6 is 23.2 Å². The molecule has 0 heterocycles. The summed E-state index contributed by atoms with van der Waals surface area (Å²) >= 11 is 12.7. The van der Waals surface area contributed by atoms with E-state index in [9.17, 15) is 18.0 Å². The topological polar surface area (TPSA) is 86.8 Å². The molecule has 208 valence electrons. The zero-order valence-corrected chi connectivity index (χ0v) is 24.7. The molecular weight excluding hydrogens is 557 g/mol. The average Bonchev–Trinajstić information content (AvgIpc) is 2.89. The fourth-order valence-corrected chi connectivity index (χ4v) is 5.88. The number of halogens is 2. The van der Waals surface area contributed by atoms with Gasteiger partial charge in [-0.25, -0.2) is 8.42 Å². The summed E-state index contributed by atoms with van der Waals surface area (Å²) < 4.78 is 28.7. The van der Waals surface area contributed by atoms with Gasteiger partial charge in [0.15, 0.2) is 0 Å². The Labute approximate surface area is 240 Å². The SMILES string of the molecule is Cc1ccc(S(=O)(=O)N(CC(=O)N(CCc2ccccc2)[C@@H](C)C(=O)NC(C)C)c2cccc(Cl)c2Cl)cc1. The summed E-state index contributed by atoms with van der Waals surface area (Å²) in [6.45, 7) is 6.77. The molecule has 0 saturated heterocycles. The van der Waals surface area contributed by atoms with Gasteiger partial charge in [0.05, 0.1) is 20.6 Å². The molecule has 0 aliphatic carbocycles. The molecule has 0 aliphatic rings. The predicted molar refractivity (Wildman–Crippen MR) is 157 cm³/mol. The lowest BCUT2D eigenvalue weighted by Gasteiger charge is -2.32. The molecule has 3 aromatic rings. The average molecular weight is 591 g/mol. The monoisotopic (exact) mass is 589 g/mol. The Balaban J connectivity index is 2.02. The molecule has 2 amide bonds. The Hall–Kier alpha value is -3.07. The number of nitrogens with one attached hydrogen (secondary N) is 1. The van der Waals surface area contributed by atoms with Crippen LogP contribution < -0.4 is 9.62 Å². The number of anilines is 1. The molecule has 10 heteroatoms. The van der Waals surface area contributed by atoms with E-state index in [1.807, 2.05) is 51.1 Å². The number of aryl methyl sites for hydroxylation is 1. The van der Waals surface area contributed by atoms with E-state index in [0.717, 1.165) is 15.4 Å². The van der Waals surface area contributed by atoms with Gasteiger partial charge in [-0.05, 0) is 63.9 Å². The molecule has 0 aromatic heterocycles. The Morgan fingerprint density at radius 2 is 1.54 bits per heavy atom. The minimum atomic E-state index is -4.23. The second-order valence-electron chi connectivity index (χ2n) is 9.56. The molecule has 3 aromatic carbocycles. The smallest absolute Gasteiger partial charge is 0.264 e. The number of hydrogen-bond donors (Lipinski definition) is 1.